The lowest BCUT2D eigenvalue weighted by Crippen LogP contribution is -2.49. The van der Waals surface area contributed by atoms with Gasteiger partial charge in [-0.2, -0.15) is 0 Å². The number of nitrogens with zero attached hydrogens (tertiary/aromatic N) is 6. The summed E-state index contributed by atoms with van der Waals surface area (Å²) in [7, 11) is 0. The highest BCUT2D eigenvalue weighted by atomic mass is 16.2. The lowest BCUT2D eigenvalue weighted by Gasteiger charge is -2.35. The topological polar surface area (TPSA) is 91.5 Å². The number of hydrogen-bond acceptors (Lipinski definition) is 7. The second kappa shape index (κ2) is 7.71. The van der Waals surface area contributed by atoms with Crippen LogP contribution in [0.1, 0.15) is 28.3 Å². The van der Waals surface area contributed by atoms with Crippen LogP contribution in [0.3, 0.4) is 0 Å². The van der Waals surface area contributed by atoms with E-state index in [4.69, 9.17) is 5.73 Å². The maximum Gasteiger partial charge on any atom is 0.291 e. The Labute approximate surface area is 165 Å². The molecule has 2 fully saturated rings. The molecule has 8 nitrogen and oxygen atoms in total. The average Bonchev–Trinajstić information content (AvgIpc) is 3.16. The largest absolute Gasteiger partial charge is 0.368 e. The fourth-order valence-electron chi connectivity index (χ4n) is 3.86. The maximum atomic E-state index is 13.1. The number of rotatable bonds is 3. The van der Waals surface area contributed by atoms with Gasteiger partial charge in [-0.25, -0.2) is 9.97 Å². The molecule has 2 aliphatic heterocycles. The molecule has 0 radical (unpaired) electrons. The van der Waals surface area contributed by atoms with Gasteiger partial charge < -0.3 is 20.4 Å². The van der Waals surface area contributed by atoms with Gasteiger partial charge in [-0.3, -0.25) is 9.78 Å². The van der Waals surface area contributed by atoms with Crippen LogP contribution in [-0.2, 0) is 0 Å². The van der Waals surface area contributed by atoms with Gasteiger partial charge in [0.25, 0.3) is 5.91 Å². The minimum atomic E-state index is -0.0952. The van der Waals surface area contributed by atoms with Crippen molar-refractivity contribution in [1.82, 2.24) is 19.9 Å². The van der Waals surface area contributed by atoms with E-state index in [-0.39, 0.29) is 17.8 Å². The van der Waals surface area contributed by atoms with E-state index in [1.165, 1.54) is 0 Å². The third kappa shape index (κ3) is 3.64. The molecule has 2 aromatic heterocycles. The third-order valence-electron chi connectivity index (χ3n) is 5.67. The van der Waals surface area contributed by atoms with Crippen molar-refractivity contribution in [2.45, 2.75) is 26.3 Å². The predicted octanol–water partition coefficient (Wildman–Crippen LogP) is 0.988. The van der Waals surface area contributed by atoms with Crippen molar-refractivity contribution in [2.24, 2.45) is 5.73 Å². The minimum Gasteiger partial charge on any atom is -0.368 e. The number of nitrogens with two attached hydrogens (primary N) is 1. The molecule has 1 atom stereocenters. The van der Waals surface area contributed by atoms with E-state index < -0.39 is 0 Å². The molecule has 0 saturated carbocycles. The molecule has 4 rings (SSSR count). The third-order valence-corrected chi connectivity index (χ3v) is 5.67. The van der Waals surface area contributed by atoms with Crippen LogP contribution in [0.5, 0.6) is 0 Å². The van der Waals surface area contributed by atoms with E-state index >= 15 is 0 Å². The summed E-state index contributed by atoms with van der Waals surface area (Å²) in [6.07, 6.45) is 4.53. The molecule has 0 bridgehead atoms. The van der Waals surface area contributed by atoms with Gasteiger partial charge in [0.2, 0.25) is 5.82 Å². The number of carbonyl (C=O) groups excluding carboxylic acids is 1. The molecule has 2 aromatic rings. The summed E-state index contributed by atoms with van der Waals surface area (Å²) in [6, 6.07) is 4.16. The Kier molecular flexibility index (Phi) is 5.13. The highest BCUT2D eigenvalue weighted by Crippen LogP contribution is 2.24. The quantitative estimate of drug-likeness (QED) is 0.848. The molecule has 0 aromatic carbocycles. The van der Waals surface area contributed by atoms with Crippen molar-refractivity contribution in [3.63, 3.8) is 0 Å². The normalized spacial score (nSPS) is 20.0. The summed E-state index contributed by atoms with van der Waals surface area (Å²) < 4.78 is 0. The van der Waals surface area contributed by atoms with Crippen LogP contribution in [0, 0.1) is 13.8 Å². The number of piperazine rings is 1. The van der Waals surface area contributed by atoms with Crippen LogP contribution >= 0.6 is 0 Å². The summed E-state index contributed by atoms with van der Waals surface area (Å²) in [5.41, 5.74) is 9.07. The first kappa shape index (κ1) is 18.6. The molecule has 28 heavy (non-hydrogen) atoms. The van der Waals surface area contributed by atoms with Crippen LogP contribution in [0.4, 0.5) is 11.5 Å². The Morgan fingerprint density at radius 3 is 2.39 bits per heavy atom. The molecule has 1 amide bonds. The standard InChI is InChI=1S/C20H27N7O/c1-14-15(2)23-18(24-19(14)27-8-5-16(21)13-27)20(28)26-11-9-25(10-12-26)17-3-6-22-7-4-17/h3-4,6-7,16H,5,8-13,21H2,1-2H3/t16-/m1/s1. The summed E-state index contributed by atoms with van der Waals surface area (Å²) in [4.78, 5) is 32.6. The second-order valence-electron chi connectivity index (χ2n) is 7.56. The fraction of sp³-hybridized carbons (Fsp3) is 0.500. The Morgan fingerprint density at radius 2 is 1.75 bits per heavy atom. The number of amides is 1. The first-order valence-corrected chi connectivity index (χ1v) is 9.83. The van der Waals surface area contributed by atoms with Gasteiger partial charge in [-0.15, -0.1) is 0 Å². The molecule has 0 spiro atoms. The van der Waals surface area contributed by atoms with Crippen LogP contribution in [0.25, 0.3) is 0 Å². The van der Waals surface area contributed by atoms with E-state index in [0.29, 0.717) is 13.1 Å². The molecule has 148 valence electrons. The molecular weight excluding hydrogens is 354 g/mol. The smallest absolute Gasteiger partial charge is 0.291 e. The first-order valence-electron chi connectivity index (χ1n) is 9.83. The van der Waals surface area contributed by atoms with Gasteiger partial charge in [0.1, 0.15) is 5.82 Å². The van der Waals surface area contributed by atoms with E-state index in [2.05, 4.69) is 24.8 Å². The Bertz CT molecular complexity index is 849. The molecule has 8 heteroatoms. The number of aromatic nitrogens is 3. The van der Waals surface area contributed by atoms with Crippen molar-refractivity contribution in [2.75, 3.05) is 49.1 Å². The summed E-state index contributed by atoms with van der Waals surface area (Å²) >= 11 is 0. The number of carbonyl (C=O) groups is 1. The molecule has 2 saturated heterocycles. The number of pyridine rings is 1. The van der Waals surface area contributed by atoms with Crippen molar-refractivity contribution in [3.05, 3.63) is 41.6 Å². The minimum absolute atomic E-state index is 0.0952. The van der Waals surface area contributed by atoms with Gasteiger partial charge in [0.15, 0.2) is 0 Å². The lowest BCUT2D eigenvalue weighted by atomic mass is 10.2. The second-order valence-corrected chi connectivity index (χ2v) is 7.56. The van der Waals surface area contributed by atoms with Crippen molar-refractivity contribution in [3.8, 4) is 0 Å². The Morgan fingerprint density at radius 1 is 1.04 bits per heavy atom. The lowest BCUT2D eigenvalue weighted by molar-refractivity contribution is 0.0734. The molecule has 0 unspecified atom stereocenters. The highest BCUT2D eigenvalue weighted by Gasteiger charge is 2.28. The summed E-state index contributed by atoms with van der Waals surface area (Å²) in [6.45, 7) is 8.47. The Balaban J connectivity index is 1.49. The maximum absolute atomic E-state index is 13.1. The van der Waals surface area contributed by atoms with Gasteiger partial charge in [-0.1, -0.05) is 0 Å². The van der Waals surface area contributed by atoms with E-state index in [9.17, 15) is 4.79 Å². The van der Waals surface area contributed by atoms with Gasteiger partial charge in [0.05, 0.1) is 0 Å². The number of anilines is 2. The first-order chi connectivity index (χ1) is 13.5. The van der Waals surface area contributed by atoms with Crippen LogP contribution < -0.4 is 15.5 Å². The zero-order valence-corrected chi connectivity index (χ0v) is 16.5. The Hall–Kier alpha value is -2.74. The molecule has 2 N–H and O–H groups in total. The van der Waals surface area contributed by atoms with Gasteiger partial charge in [-0.05, 0) is 32.4 Å². The molecule has 0 aliphatic carbocycles. The summed E-state index contributed by atoms with van der Waals surface area (Å²) in [5.74, 6) is 1.04. The molecule has 2 aliphatic rings. The number of hydrogen-bond donors (Lipinski definition) is 1. The molecule has 4 heterocycles. The SMILES string of the molecule is Cc1nc(C(=O)N2CCN(c3ccncc3)CC2)nc(N2CC[C@@H](N)C2)c1C. The van der Waals surface area contributed by atoms with Crippen LogP contribution in [-0.4, -0.2) is 71.1 Å². The van der Waals surface area contributed by atoms with Crippen molar-refractivity contribution < 1.29 is 4.79 Å². The van der Waals surface area contributed by atoms with Crippen LogP contribution in [0.2, 0.25) is 0 Å². The molecular formula is C20H27N7O. The number of aryl methyl sites for hydroxylation is 1. The van der Waals surface area contributed by atoms with E-state index in [1.807, 2.05) is 30.9 Å². The zero-order chi connectivity index (χ0) is 19.7. The van der Waals surface area contributed by atoms with Crippen molar-refractivity contribution >= 4 is 17.4 Å². The van der Waals surface area contributed by atoms with Crippen molar-refractivity contribution in [1.29, 1.82) is 0 Å². The average molecular weight is 381 g/mol. The van der Waals surface area contributed by atoms with E-state index in [0.717, 1.165) is 55.4 Å². The zero-order valence-electron chi connectivity index (χ0n) is 16.5. The fourth-order valence-corrected chi connectivity index (χ4v) is 3.86. The van der Waals surface area contributed by atoms with E-state index in [1.54, 1.807) is 12.4 Å². The van der Waals surface area contributed by atoms with Gasteiger partial charge >= 0.3 is 0 Å². The predicted molar refractivity (Wildman–Crippen MR) is 109 cm³/mol. The summed E-state index contributed by atoms with van der Waals surface area (Å²) in [5, 5.41) is 0. The monoisotopic (exact) mass is 381 g/mol. The highest BCUT2D eigenvalue weighted by molar-refractivity contribution is 5.91. The van der Waals surface area contributed by atoms with Gasteiger partial charge in [0, 0.05) is 74.6 Å². The van der Waals surface area contributed by atoms with Crippen LogP contribution in [0.15, 0.2) is 24.5 Å².